The summed E-state index contributed by atoms with van der Waals surface area (Å²) in [5.41, 5.74) is 0. The lowest BCUT2D eigenvalue weighted by atomic mass is 10.1. The molecule has 0 N–H and O–H groups in total. The van der Waals surface area contributed by atoms with Gasteiger partial charge in [-0.15, -0.1) is 21.5 Å². The summed E-state index contributed by atoms with van der Waals surface area (Å²) in [5.74, 6) is 3.06. The average molecular weight is 346 g/mol. The zero-order valence-electron chi connectivity index (χ0n) is 14.9. The van der Waals surface area contributed by atoms with Crippen LogP contribution in [0.3, 0.4) is 0 Å². The number of likely N-dealkylation sites (N-methyl/N-ethyl adjacent to an activating group) is 1. The predicted octanol–water partition coefficient (Wildman–Crippen LogP) is 2.87. The predicted molar refractivity (Wildman–Crippen MR) is 98.8 cm³/mol. The third-order valence-corrected chi connectivity index (χ3v) is 6.37. The molecule has 1 aliphatic carbocycles. The van der Waals surface area contributed by atoms with E-state index in [1.807, 2.05) is 11.3 Å². The Hall–Kier alpha value is -1.40. The summed E-state index contributed by atoms with van der Waals surface area (Å²) in [4.78, 5) is 6.27. The zero-order valence-corrected chi connectivity index (χ0v) is 15.7. The largest absolute Gasteiger partial charge is 0.338 e. The van der Waals surface area contributed by atoms with Crippen molar-refractivity contribution >= 4 is 17.3 Å². The molecule has 130 valence electrons. The third kappa shape index (κ3) is 3.22. The van der Waals surface area contributed by atoms with Crippen molar-refractivity contribution in [2.45, 2.75) is 51.7 Å². The molecule has 6 heteroatoms. The first-order valence-corrected chi connectivity index (χ1v) is 9.91. The fraction of sp³-hybridized carbons (Fsp3) is 0.667. The maximum atomic E-state index is 4.62. The number of hydrogen-bond acceptors (Lipinski definition) is 5. The number of anilines is 1. The minimum atomic E-state index is 0.535. The van der Waals surface area contributed by atoms with Gasteiger partial charge < -0.3 is 4.90 Å². The summed E-state index contributed by atoms with van der Waals surface area (Å²) in [6.45, 7) is 7.54. The van der Waals surface area contributed by atoms with Gasteiger partial charge in [-0.05, 0) is 51.1 Å². The molecule has 2 atom stereocenters. The molecule has 1 aliphatic heterocycles. The highest BCUT2D eigenvalue weighted by Gasteiger charge is 2.31. The molecule has 5 nitrogen and oxygen atoms in total. The van der Waals surface area contributed by atoms with Crippen LogP contribution in [-0.4, -0.2) is 51.9 Å². The maximum Gasteiger partial charge on any atom is 0.227 e. The number of nitrogens with zero attached hydrogens (tertiary/aromatic N) is 5. The average Bonchev–Trinajstić information content (AvgIpc) is 3.06. The van der Waals surface area contributed by atoms with Crippen LogP contribution >= 0.6 is 11.3 Å². The Bertz CT molecular complexity index is 664. The quantitative estimate of drug-likeness (QED) is 0.835. The molecule has 0 unspecified atom stereocenters. The Balaban J connectivity index is 1.62. The lowest BCUT2D eigenvalue weighted by molar-refractivity contribution is 0.168. The van der Waals surface area contributed by atoms with Gasteiger partial charge in [0, 0.05) is 36.5 Å². The van der Waals surface area contributed by atoms with Crippen molar-refractivity contribution in [2.24, 2.45) is 5.92 Å². The van der Waals surface area contributed by atoms with Crippen LogP contribution in [0.2, 0.25) is 0 Å². The van der Waals surface area contributed by atoms with E-state index in [9.17, 15) is 0 Å². The van der Waals surface area contributed by atoms with Gasteiger partial charge in [-0.2, -0.15) is 0 Å². The smallest absolute Gasteiger partial charge is 0.227 e. The molecule has 0 bridgehead atoms. The van der Waals surface area contributed by atoms with Crippen LogP contribution in [0.25, 0.3) is 0 Å². The zero-order chi connectivity index (χ0) is 16.7. The van der Waals surface area contributed by atoms with Gasteiger partial charge in [0.2, 0.25) is 5.95 Å². The first-order chi connectivity index (χ1) is 11.6. The van der Waals surface area contributed by atoms with E-state index in [-0.39, 0.29) is 0 Å². The molecule has 0 radical (unpaired) electrons. The fourth-order valence-electron chi connectivity index (χ4n) is 3.58. The van der Waals surface area contributed by atoms with E-state index in [0.717, 1.165) is 37.9 Å². The van der Waals surface area contributed by atoms with Crippen LogP contribution in [0.1, 0.15) is 37.4 Å². The topological polar surface area (TPSA) is 37.2 Å². The Labute approximate surface area is 148 Å². The molecule has 0 spiro atoms. The lowest BCUT2D eigenvalue weighted by Crippen LogP contribution is -2.55. The van der Waals surface area contributed by atoms with Crippen LogP contribution in [0, 0.1) is 5.92 Å². The van der Waals surface area contributed by atoms with Gasteiger partial charge in [0.15, 0.2) is 0 Å². The molecular formula is C18H27N5S. The monoisotopic (exact) mass is 345 g/mol. The lowest BCUT2D eigenvalue weighted by Gasteiger charge is -2.42. The number of piperazine rings is 1. The first-order valence-electron chi connectivity index (χ1n) is 9.03. The standard InChI is InChI=1S/C18H27N5S/c1-13-10-22(11-14(2)21(13)3)18-20-19-17(9-15-6-7-15)23(18)12-16-5-4-8-24-16/h4-5,8,13-15H,6-7,9-12H2,1-3H3/t13-,14-/m0/s1. The van der Waals surface area contributed by atoms with E-state index < -0.39 is 0 Å². The summed E-state index contributed by atoms with van der Waals surface area (Å²) in [6, 6.07) is 5.41. The van der Waals surface area contributed by atoms with Gasteiger partial charge in [-0.1, -0.05) is 6.07 Å². The number of aromatic nitrogens is 3. The molecule has 2 fully saturated rings. The van der Waals surface area contributed by atoms with Gasteiger partial charge in [0.05, 0.1) is 6.54 Å². The highest BCUT2D eigenvalue weighted by Crippen LogP contribution is 2.33. The van der Waals surface area contributed by atoms with E-state index in [4.69, 9.17) is 0 Å². The fourth-order valence-corrected chi connectivity index (χ4v) is 4.27. The molecule has 0 amide bonds. The Morgan fingerprint density at radius 1 is 1.17 bits per heavy atom. The van der Waals surface area contributed by atoms with Crippen LogP contribution in [0.15, 0.2) is 17.5 Å². The van der Waals surface area contributed by atoms with Gasteiger partial charge in [-0.25, -0.2) is 0 Å². The second-order valence-electron chi connectivity index (χ2n) is 7.50. The van der Waals surface area contributed by atoms with Crippen LogP contribution in [0.4, 0.5) is 5.95 Å². The van der Waals surface area contributed by atoms with Gasteiger partial charge >= 0.3 is 0 Å². The number of thiophene rings is 1. The third-order valence-electron chi connectivity index (χ3n) is 5.51. The van der Waals surface area contributed by atoms with Crippen molar-refractivity contribution in [2.75, 3.05) is 25.0 Å². The molecule has 1 saturated carbocycles. The van der Waals surface area contributed by atoms with Gasteiger partial charge in [0.25, 0.3) is 0 Å². The van der Waals surface area contributed by atoms with E-state index >= 15 is 0 Å². The number of rotatable bonds is 5. The van der Waals surface area contributed by atoms with E-state index in [2.05, 4.69) is 63.0 Å². The van der Waals surface area contributed by atoms with E-state index in [1.54, 1.807) is 0 Å². The van der Waals surface area contributed by atoms with Crippen molar-refractivity contribution < 1.29 is 0 Å². The molecule has 3 heterocycles. The summed E-state index contributed by atoms with van der Waals surface area (Å²) >= 11 is 1.82. The highest BCUT2D eigenvalue weighted by atomic mass is 32.1. The Morgan fingerprint density at radius 2 is 1.92 bits per heavy atom. The van der Waals surface area contributed by atoms with Crippen LogP contribution in [-0.2, 0) is 13.0 Å². The number of hydrogen-bond donors (Lipinski definition) is 0. The van der Waals surface area contributed by atoms with Crippen molar-refractivity contribution in [1.29, 1.82) is 0 Å². The van der Waals surface area contributed by atoms with E-state index in [1.165, 1.54) is 23.5 Å². The van der Waals surface area contributed by atoms with Crippen molar-refractivity contribution in [3.8, 4) is 0 Å². The van der Waals surface area contributed by atoms with Crippen LogP contribution in [0.5, 0.6) is 0 Å². The minimum Gasteiger partial charge on any atom is -0.338 e. The highest BCUT2D eigenvalue weighted by molar-refractivity contribution is 7.09. The normalized spacial score (nSPS) is 25.4. The van der Waals surface area contributed by atoms with Gasteiger partial charge in [-0.3, -0.25) is 9.47 Å². The molecular weight excluding hydrogens is 318 g/mol. The van der Waals surface area contributed by atoms with Crippen LogP contribution < -0.4 is 4.90 Å². The molecule has 2 aromatic rings. The summed E-state index contributed by atoms with van der Waals surface area (Å²) < 4.78 is 2.37. The molecule has 24 heavy (non-hydrogen) atoms. The van der Waals surface area contributed by atoms with E-state index in [0.29, 0.717) is 12.1 Å². The SMILES string of the molecule is C[C@H]1CN(c2nnc(CC3CC3)n2Cc2cccs2)C[C@H](C)N1C. The second kappa shape index (κ2) is 6.48. The molecule has 2 aromatic heterocycles. The van der Waals surface area contributed by atoms with Crippen molar-refractivity contribution in [3.63, 3.8) is 0 Å². The molecule has 0 aromatic carbocycles. The first kappa shape index (κ1) is 16.1. The minimum absolute atomic E-state index is 0.535. The summed E-state index contributed by atoms with van der Waals surface area (Å²) in [7, 11) is 2.22. The molecule has 1 saturated heterocycles. The Morgan fingerprint density at radius 3 is 2.54 bits per heavy atom. The second-order valence-corrected chi connectivity index (χ2v) is 8.53. The molecule has 2 aliphatic rings. The maximum absolute atomic E-state index is 4.62. The van der Waals surface area contributed by atoms with Gasteiger partial charge in [0.1, 0.15) is 5.82 Å². The summed E-state index contributed by atoms with van der Waals surface area (Å²) in [5, 5.41) is 11.4. The van der Waals surface area contributed by atoms with Crippen molar-refractivity contribution in [3.05, 3.63) is 28.2 Å². The van der Waals surface area contributed by atoms with Crippen molar-refractivity contribution in [1.82, 2.24) is 19.7 Å². The molecule has 4 rings (SSSR count). The summed E-state index contributed by atoms with van der Waals surface area (Å²) in [6.07, 6.45) is 3.78. The Kier molecular flexibility index (Phi) is 4.35.